The van der Waals surface area contributed by atoms with Crippen LogP contribution in [0.5, 0.6) is 0 Å². The number of hydrogen-bond acceptors (Lipinski definition) is 3. The number of carbonyl (C=O) groups excluding carboxylic acids is 1. The fourth-order valence-electron chi connectivity index (χ4n) is 1.96. The van der Waals surface area contributed by atoms with Gasteiger partial charge < -0.3 is 10.6 Å². The zero-order chi connectivity index (χ0) is 12.8. The van der Waals surface area contributed by atoms with Gasteiger partial charge in [0.2, 0.25) is 5.91 Å². The molecule has 1 fully saturated rings. The molecule has 2 rings (SSSR count). The molecule has 18 heavy (non-hydrogen) atoms. The summed E-state index contributed by atoms with van der Waals surface area (Å²) >= 11 is 2.03. The van der Waals surface area contributed by atoms with Crippen LogP contribution in [0.3, 0.4) is 0 Å². The Kier molecular flexibility index (Phi) is 4.93. The van der Waals surface area contributed by atoms with Crippen molar-refractivity contribution in [3.05, 3.63) is 24.3 Å². The maximum Gasteiger partial charge on any atom is 0.224 e. The van der Waals surface area contributed by atoms with Gasteiger partial charge in [-0.1, -0.05) is 13.0 Å². The summed E-state index contributed by atoms with van der Waals surface area (Å²) in [6.07, 6.45) is 1.82. The molecule has 1 heterocycles. The smallest absolute Gasteiger partial charge is 0.224 e. The van der Waals surface area contributed by atoms with E-state index in [0.29, 0.717) is 6.42 Å². The van der Waals surface area contributed by atoms with E-state index in [1.165, 1.54) is 17.9 Å². The first-order chi connectivity index (χ1) is 8.78. The van der Waals surface area contributed by atoms with Gasteiger partial charge in [-0.25, -0.2) is 0 Å². The SMILES string of the molecule is CCC(=O)Nc1cccc(NCC2CCSC2)c1. The zero-order valence-electron chi connectivity index (χ0n) is 10.7. The van der Waals surface area contributed by atoms with Gasteiger partial charge in [-0.05, 0) is 42.0 Å². The Labute approximate surface area is 113 Å². The van der Waals surface area contributed by atoms with E-state index in [1.54, 1.807) is 0 Å². The van der Waals surface area contributed by atoms with Crippen LogP contribution in [-0.4, -0.2) is 24.0 Å². The van der Waals surface area contributed by atoms with Crippen molar-refractivity contribution < 1.29 is 4.79 Å². The minimum atomic E-state index is 0.0549. The van der Waals surface area contributed by atoms with Crippen molar-refractivity contribution in [1.29, 1.82) is 0 Å². The molecule has 0 aromatic heterocycles. The number of anilines is 2. The van der Waals surface area contributed by atoms with Crippen LogP contribution in [0, 0.1) is 5.92 Å². The number of rotatable bonds is 5. The second kappa shape index (κ2) is 6.69. The molecule has 3 nitrogen and oxygen atoms in total. The van der Waals surface area contributed by atoms with E-state index in [9.17, 15) is 4.79 Å². The van der Waals surface area contributed by atoms with Crippen LogP contribution in [0.25, 0.3) is 0 Å². The second-order valence-electron chi connectivity index (χ2n) is 4.59. The maximum atomic E-state index is 11.3. The lowest BCUT2D eigenvalue weighted by atomic mass is 10.1. The van der Waals surface area contributed by atoms with Gasteiger partial charge in [0.15, 0.2) is 0 Å². The number of benzene rings is 1. The van der Waals surface area contributed by atoms with Crippen LogP contribution in [0.4, 0.5) is 11.4 Å². The molecule has 1 aromatic carbocycles. The minimum absolute atomic E-state index is 0.0549. The number of thioether (sulfide) groups is 1. The molecule has 1 aliphatic heterocycles. The van der Waals surface area contributed by atoms with E-state index < -0.39 is 0 Å². The van der Waals surface area contributed by atoms with Crippen LogP contribution in [0.15, 0.2) is 24.3 Å². The number of carbonyl (C=O) groups is 1. The summed E-state index contributed by atoms with van der Waals surface area (Å²) in [4.78, 5) is 11.3. The molecule has 1 unspecified atom stereocenters. The molecule has 1 aromatic rings. The first-order valence-electron chi connectivity index (χ1n) is 6.49. The average Bonchev–Trinajstić information content (AvgIpc) is 2.90. The van der Waals surface area contributed by atoms with Crippen molar-refractivity contribution in [2.75, 3.05) is 28.7 Å². The van der Waals surface area contributed by atoms with Crippen molar-refractivity contribution in [2.24, 2.45) is 5.92 Å². The summed E-state index contributed by atoms with van der Waals surface area (Å²) in [5.41, 5.74) is 1.95. The van der Waals surface area contributed by atoms with Crippen molar-refractivity contribution in [1.82, 2.24) is 0 Å². The van der Waals surface area contributed by atoms with E-state index in [4.69, 9.17) is 0 Å². The maximum absolute atomic E-state index is 11.3. The highest BCUT2D eigenvalue weighted by atomic mass is 32.2. The molecule has 1 aliphatic rings. The quantitative estimate of drug-likeness (QED) is 0.858. The van der Waals surface area contributed by atoms with Gasteiger partial charge in [-0.2, -0.15) is 11.8 Å². The normalized spacial score (nSPS) is 18.6. The fraction of sp³-hybridized carbons (Fsp3) is 0.500. The van der Waals surface area contributed by atoms with Crippen molar-refractivity contribution >= 4 is 29.0 Å². The van der Waals surface area contributed by atoms with Gasteiger partial charge in [0.25, 0.3) is 0 Å². The van der Waals surface area contributed by atoms with Gasteiger partial charge in [0.1, 0.15) is 0 Å². The van der Waals surface area contributed by atoms with E-state index in [-0.39, 0.29) is 5.91 Å². The predicted octanol–water partition coefficient (Wildman–Crippen LogP) is 3.20. The van der Waals surface area contributed by atoms with Gasteiger partial charge in [-0.3, -0.25) is 4.79 Å². The Bertz CT molecular complexity index is 403. The summed E-state index contributed by atoms with van der Waals surface area (Å²) in [5.74, 6) is 3.39. The van der Waals surface area contributed by atoms with E-state index >= 15 is 0 Å². The summed E-state index contributed by atoms with van der Waals surface area (Å²) < 4.78 is 0. The summed E-state index contributed by atoms with van der Waals surface area (Å²) in [6.45, 7) is 2.88. The number of hydrogen-bond donors (Lipinski definition) is 2. The largest absolute Gasteiger partial charge is 0.385 e. The van der Waals surface area contributed by atoms with E-state index in [1.807, 2.05) is 43.0 Å². The third-order valence-electron chi connectivity index (χ3n) is 3.09. The molecular weight excluding hydrogens is 244 g/mol. The molecule has 2 N–H and O–H groups in total. The van der Waals surface area contributed by atoms with Crippen molar-refractivity contribution in [3.63, 3.8) is 0 Å². The molecule has 1 atom stereocenters. The Morgan fingerprint density at radius 2 is 2.28 bits per heavy atom. The zero-order valence-corrected chi connectivity index (χ0v) is 11.6. The summed E-state index contributed by atoms with van der Waals surface area (Å²) in [6, 6.07) is 7.93. The van der Waals surface area contributed by atoms with Crippen LogP contribution in [0.2, 0.25) is 0 Å². The lowest BCUT2D eigenvalue weighted by Gasteiger charge is -2.12. The molecular formula is C14H20N2OS. The van der Waals surface area contributed by atoms with Gasteiger partial charge in [0.05, 0.1) is 0 Å². The molecule has 0 saturated carbocycles. The highest BCUT2D eigenvalue weighted by Crippen LogP contribution is 2.24. The Morgan fingerprint density at radius 3 is 3.00 bits per heavy atom. The van der Waals surface area contributed by atoms with Crippen LogP contribution >= 0.6 is 11.8 Å². The summed E-state index contributed by atoms with van der Waals surface area (Å²) in [5, 5.41) is 6.33. The number of amides is 1. The second-order valence-corrected chi connectivity index (χ2v) is 5.74. The van der Waals surface area contributed by atoms with Crippen LogP contribution in [-0.2, 0) is 4.79 Å². The average molecular weight is 264 g/mol. The number of nitrogens with one attached hydrogen (secondary N) is 2. The Morgan fingerprint density at radius 1 is 1.44 bits per heavy atom. The van der Waals surface area contributed by atoms with E-state index in [0.717, 1.165) is 23.8 Å². The van der Waals surface area contributed by atoms with Crippen LogP contribution in [0.1, 0.15) is 19.8 Å². The minimum Gasteiger partial charge on any atom is -0.385 e. The molecule has 98 valence electrons. The highest BCUT2D eigenvalue weighted by molar-refractivity contribution is 7.99. The first-order valence-corrected chi connectivity index (χ1v) is 7.65. The van der Waals surface area contributed by atoms with Gasteiger partial charge >= 0.3 is 0 Å². The molecule has 4 heteroatoms. The highest BCUT2D eigenvalue weighted by Gasteiger charge is 2.14. The standard InChI is InChI=1S/C14H20N2OS/c1-2-14(17)16-13-5-3-4-12(8-13)15-9-11-6-7-18-10-11/h3-5,8,11,15H,2,6-7,9-10H2,1H3,(H,16,17). The topological polar surface area (TPSA) is 41.1 Å². The molecule has 0 bridgehead atoms. The fourth-order valence-corrected chi connectivity index (χ4v) is 3.25. The van der Waals surface area contributed by atoms with Crippen molar-refractivity contribution in [3.8, 4) is 0 Å². The first kappa shape index (κ1) is 13.3. The van der Waals surface area contributed by atoms with Gasteiger partial charge in [0, 0.05) is 24.3 Å². The van der Waals surface area contributed by atoms with Gasteiger partial charge in [-0.15, -0.1) is 0 Å². The third-order valence-corrected chi connectivity index (χ3v) is 4.32. The predicted molar refractivity (Wildman–Crippen MR) is 79.3 cm³/mol. The third kappa shape index (κ3) is 3.95. The molecule has 0 aliphatic carbocycles. The molecule has 1 amide bonds. The molecule has 0 spiro atoms. The lowest BCUT2D eigenvalue weighted by Crippen LogP contribution is -2.14. The van der Waals surface area contributed by atoms with Crippen molar-refractivity contribution in [2.45, 2.75) is 19.8 Å². The lowest BCUT2D eigenvalue weighted by molar-refractivity contribution is -0.115. The molecule has 1 saturated heterocycles. The molecule has 0 radical (unpaired) electrons. The summed E-state index contributed by atoms with van der Waals surface area (Å²) in [7, 11) is 0. The Balaban J connectivity index is 1.87. The Hall–Kier alpha value is -1.16. The van der Waals surface area contributed by atoms with Crippen LogP contribution < -0.4 is 10.6 Å². The monoisotopic (exact) mass is 264 g/mol. The van der Waals surface area contributed by atoms with E-state index in [2.05, 4.69) is 10.6 Å².